The summed E-state index contributed by atoms with van der Waals surface area (Å²) < 4.78 is 11.2. The number of aromatic amines is 1. The quantitative estimate of drug-likeness (QED) is 0.178. The number of halogens is 2. The normalized spacial score (nSPS) is 15.2. The fourth-order valence-corrected chi connectivity index (χ4v) is 3.71. The molecule has 1 aromatic heterocycles. The van der Waals surface area contributed by atoms with Crippen molar-refractivity contribution in [2.24, 2.45) is 10.9 Å². The number of aliphatic imine (C=N–C) groups is 1. The van der Waals surface area contributed by atoms with Crippen LogP contribution in [0, 0.1) is 5.92 Å². The zero-order chi connectivity index (χ0) is 20.3. The maximum Gasteiger partial charge on any atom is 0.191 e. The molecule has 0 amide bonds. The van der Waals surface area contributed by atoms with E-state index in [0.717, 1.165) is 88.2 Å². The summed E-state index contributed by atoms with van der Waals surface area (Å²) in [6.07, 6.45) is 6.13. The van der Waals surface area contributed by atoms with Crippen LogP contribution in [0.25, 0.3) is 10.9 Å². The van der Waals surface area contributed by atoms with Crippen LogP contribution < -0.4 is 10.6 Å². The Kier molecular flexibility index (Phi) is 11.9. The first-order chi connectivity index (χ1) is 14.3. The summed E-state index contributed by atoms with van der Waals surface area (Å²) in [7, 11) is 0. The minimum atomic E-state index is 0. The van der Waals surface area contributed by atoms with Gasteiger partial charge in [-0.25, -0.2) is 0 Å². The molecule has 168 valence electrons. The molecule has 3 N–H and O–H groups in total. The van der Waals surface area contributed by atoms with E-state index >= 15 is 0 Å². The lowest BCUT2D eigenvalue weighted by molar-refractivity contribution is 0.0205. The van der Waals surface area contributed by atoms with Gasteiger partial charge in [-0.15, -0.1) is 24.0 Å². The highest BCUT2D eigenvalue weighted by Crippen LogP contribution is 2.22. The average molecular weight is 549 g/mol. The molecule has 0 unspecified atom stereocenters. The van der Waals surface area contributed by atoms with E-state index in [1.54, 1.807) is 0 Å². The van der Waals surface area contributed by atoms with Crippen LogP contribution >= 0.6 is 35.6 Å². The van der Waals surface area contributed by atoms with Gasteiger partial charge in [0.25, 0.3) is 0 Å². The molecular formula is C22H34ClIN4O2. The Morgan fingerprint density at radius 2 is 2.13 bits per heavy atom. The molecule has 0 radical (unpaired) electrons. The van der Waals surface area contributed by atoms with Crippen LogP contribution in [0.2, 0.25) is 5.02 Å². The van der Waals surface area contributed by atoms with E-state index in [1.807, 2.05) is 18.2 Å². The summed E-state index contributed by atoms with van der Waals surface area (Å²) in [6.45, 7) is 7.85. The lowest BCUT2D eigenvalue weighted by Crippen LogP contribution is -2.38. The second-order valence-electron chi connectivity index (χ2n) is 7.43. The van der Waals surface area contributed by atoms with Gasteiger partial charge in [-0.3, -0.25) is 4.99 Å². The molecule has 0 saturated carbocycles. The minimum Gasteiger partial charge on any atom is -0.381 e. The molecule has 2 aromatic rings. The van der Waals surface area contributed by atoms with E-state index < -0.39 is 0 Å². The van der Waals surface area contributed by atoms with Gasteiger partial charge in [0.05, 0.1) is 0 Å². The van der Waals surface area contributed by atoms with Gasteiger partial charge in [0, 0.05) is 68.2 Å². The predicted octanol–water partition coefficient (Wildman–Crippen LogP) is 4.37. The Balaban J connectivity index is 0.00000320. The monoisotopic (exact) mass is 548 g/mol. The molecule has 1 aliphatic rings. The van der Waals surface area contributed by atoms with Crippen molar-refractivity contribution in [3.05, 3.63) is 35.0 Å². The Morgan fingerprint density at radius 1 is 1.30 bits per heavy atom. The minimum absolute atomic E-state index is 0. The van der Waals surface area contributed by atoms with Gasteiger partial charge < -0.3 is 25.1 Å². The second kappa shape index (κ2) is 14.1. The molecule has 1 aliphatic heterocycles. The lowest BCUT2D eigenvalue weighted by Gasteiger charge is -2.21. The van der Waals surface area contributed by atoms with Crippen LogP contribution in [0.15, 0.2) is 29.4 Å². The number of rotatable bonds is 10. The van der Waals surface area contributed by atoms with Gasteiger partial charge in [0.15, 0.2) is 5.96 Å². The molecular weight excluding hydrogens is 515 g/mol. The largest absolute Gasteiger partial charge is 0.381 e. The molecule has 1 fully saturated rings. The molecule has 1 aromatic carbocycles. The third-order valence-corrected chi connectivity index (χ3v) is 5.41. The van der Waals surface area contributed by atoms with Crippen molar-refractivity contribution in [2.45, 2.75) is 32.6 Å². The lowest BCUT2D eigenvalue weighted by atomic mass is 10.0. The highest BCUT2D eigenvalue weighted by molar-refractivity contribution is 14.0. The molecule has 6 nitrogen and oxygen atoms in total. The number of H-pyrrole nitrogens is 1. The number of hydrogen-bond acceptors (Lipinski definition) is 3. The number of ether oxygens (including phenoxy) is 2. The van der Waals surface area contributed by atoms with Gasteiger partial charge in [-0.2, -0.15) is 0 Å². The number of guanidine groups is 1. The number of nitrogens with zero attached hydrogens (tertiary/aromatic N) is 1. The molecule has 0 bridgehead atoms. The maximum absolute atomic E-state index is 6.14. The van der Waals surface area contributed by atoms with Crippen LogP contribution in [0.4, 0.5) is 0 Å². The van der Waals surface area contributed by atoms with Crippen LogP contribution in [-0.4, -0.2) is 57.0 Å². The Hall–Kier alpha value is -1.03. The zero-order valence-electron chi connectivity index (χ0n) is 17.7. The molecule has 30 heavy (non-hydrogen) atoms. The highest BCUT2D eigenvalue weighted by atomic mass is 127. The Morgan fingerprint density at radius 3 is 2.93 bits per heavy atom. The highest BCUT2D eigenvalue weighted by Gasteiger charge is 2.13. The molecule has 3 rings (SSSR count). The van der Waals surface area contributed by atoms with Gasteiger partial charge in [0.2, 0.25) is 0 Å². The predicted molar refractivity (Wildman–Crippen MR) is 135 cm³/mol. The first-order valence-electron chi connectivity index (χ1n) is 10.7. The van der Waals surface area contributed by atoms with E-state index in [0.29, 0.717) is 5.92 Å². The molecule has 1 saturated heterocycles. The van der Waals surface area contributed by atoms with Gasteiger partial charge in [-0.05, 0) is 62.3 Å². The fourth-order valence-electron chi connectivity index (χ4n) is 3.54. The van der Waals surface area contributed by atoms with Crippen molar-refractivity contribution in [2.75, 3.05) is 46.1 Å². The SMILES string of the molecule is CCNC(=NCCCOCC1CCOCC1)NCCc1c[nH]c2ccc(Cl)cc12.I. The van der Waals surface area contributed by atoms with E-state index in [4.69, 9.17) is 21.1 Å². The van der Waals surface area contributed by atoms with Crippen LogP contribution in [0.3, 0.4) is 0 Å². The summed E-state index contributed by atoms with van der Waals surface area (Å²) in [5, 5.41) is 8.67. The van der Waals surface area contributed by atoms with E-state index in [2.05, 4.69) is 33.7 Å². The molecule has 8 heteroatoms. The van der Waals surface area contributed by atoms with Crippen molar-refractivity contribution in [3.63, 3.8) is 0 Å². The molecule has 0 atom stereocenters. The van der Waals surface area contributed by atoms with Crippen molar-refractivity contribution in [3.8, 4) is 0 Å². The first kappa shape index (κ1) is 25.2. The van der Waals surface area contributed by atoms with E-state index in [-0.39, 0.29) is 24.0 Å². The van der Waals surface area contributed by atoms with Crippen molar-refractivity contribution < 1.29 is 9.47 Å². The average Bonchev–Trinajstić information content (AvgIpc) is 3.13. The summed E-state index contributed by atoms with van der Waals surface area (Å²) in [5.41, 5.74) is 2.37. The summed E-state index contributed by atoms with van der Waals surface area (Å²) in [6, 6.07) is 5.94. The molecule has 2 heterocycles. The zero-order valence-corrected chi connectivity index (χ0v) is 20.8. The third-order valence-electron chi connectivity index (χ3n) is 5.17. The summed E-state index contributed by atoms with van der Waals surface area (Å²) >= 11 is 6.14. The first-order valence-corrected chi connectivity index (χ1v) is 11.1. The molecule has 0 spiro atoms. The Labute approximate surface area is 201 Å². The van der Waals surface area contributed by atoms with Crippen LogP contribution in [0.5, 0.6) is 0 Å². The van der Waals surface area contributed by atoms with Gasteiger partial charge in [0.1, 0.15) is 0 Å². The topological polar surface area (TPSA) is 70.7 Å². The van der Waals surface area contributed by atoms with Crippen LogP contribution in [0.1, 0.15) is 31.7 Å². The van der Waals surface area contributed by atoms with E-state index in [9.17, 15) is 0 Å². The maximum atomic E-state index is 6.14. The van der Waals surface area contributed by atoms with Crippen molar-refractivity contribution in [1.29, 1.82) is 0 Å². The standard InChI is InChI=1S/C22H33ClN4O2.HI/c1-2-24-22(25-9-3-11-29-16-17-7-12-28-13-8-17)26-10-6-18-15-27-21-5-4-19(23)14-20(18)21;/h4-5,14-15,17,27H,2-3,6-13,16H2,1H3,(H2,24,25,26);1H. The van der Waals surface area contributed by atoms with Crippen molar-refractivity contribution >= 4 is 52.4 Å². The van der Waals surface area contributed by atoms with Crippen LogP contribution in [-0.2, 0) is 15.9 Å². The second-order valence-corrected chi connectivity index (χ2v) is 7.86. The summed E-state index contributed by atoms with van der Waals surface area (Å²) in [4.78, 5) is 7.96. The number of aromatic nitrogens is 1. The number of benzene rings is 1. The fraction of sp³-hybridized carbons (Fsp3) is 0.591. The molecule has 0 aliphatic carbocycles. The third kappa shape index (κ3) is 8.24. The number of hydrogen-bond donors (Lipinski definition) is 3. The Bertz CT molecular complexity index is 778. The van der Waals surface area contributed by atoms with Gasteiger partial charge >= 0.3 is 0 Å². The number of fused-ring (bicyclic) bond motifs is 1. The summed E-state index contributed by atoms with van der Waals surface area (Å²) in [5.74, 6) is 1.51. The number of nitrogens with one attached hydrogen (secondary N) is 3. The van der Waals surface area contributed by atoms with E-state index in [1.165, 1.54) is 10.9 Å². The van der Waals surface area contributed by atoms with Crippen molar-refractivity contribution in [1.82, 2.24) is 15.6 Å². The van der Waals surface area contributed by atoms with Gasteiger partial charge in [-0.1, -0.05) is 11.6 Å². The smallest absolute Gasteiger partial charge is 0.191 e.